The summed E-state index contributed by atoms with van der Waals surface area (Å²) in [4.78, 5) is 8.70. The molecular weight excluding hydrogens is 214 g/mol. The Labute approximate surface area is 103 Å². The molecule has 17 heavy (non-hydrogen) atoms. The molecule has 4 heteroatoms. The largest absolute Gasteiger partial charge is 0.477 e. The molecule has 1 fully saturated rings. The van der Waals surface area contributed by atoms with Crippen LogP contribution in [0.4, 0.5) is 5.82 Å². The van der Waals surface area contributed by atoms with Gasteiger partial charge < -0.3 is 10.1 Å². The number of aromatic nitrogens is 2. The Balaban J connectivity index is 2.06. The van der Waals surface area contributed by atoms with E-state index in [1.165, 1.54) is 25.7 Å². The van der Waals surface area contributed by atoms with Gasteiger partial charge in [-0.15, -0.1) is 0 Å². The number of anilines is 1. The van der Waals surface area contributed by atoms with Crippen LogP contribution in [0.2, 0.25) is 0 Å². The van der Waals surface area contributed by atoms with Crippen LogP contribution in [0, 0.1) is 19.8 Å². The average molecular weight is 235 g/mol. The van der Waals surface area contributed by atoms with Gasteiger partial charge in [-0.1, -0.05) is 12.8 Å². The standard InChI is InChI=1S/C13H21N3O/c1-9-12(14-3)15-10(2)16-13(9)17-8-11-6-4-5-7-11/h11H,4-8H2,1-3H3,(H,14,15,16). The van der Waals surface area contributed by atoms with Crippen LogP contribution in [-0.2, 0) is 0 Å². The summed E-state index contributed by atoms with van der Waals surface area (Å²) in [6, 6.07) is 0. The first-order valence-corrected chi connectivity index (χ1v) is 6.36. The molecule has 1 aromatic rings. The Morgan fingerprint density at radius 1 is 1.24 bits per heavy atom. The monoisotopic (exact) mass is 235 g/mol. The van der Waals surface area contributed by atoms with E-state index in [9.17, 15) is 0 Å². The summed E-state index contributed by atoms with van der Waals surface area (Å²) < 4.78 is 5.85. The van der Waals surface area contributed by atoms with Crippen molar-refractivity contribution < 1.29 is 4.74 Å². The molecule has 0 bridgehead atoms. The molecular formula is C13H21N3O. The van der Waals surface area contributed by atoms with Crippen LogP contribution in [0.15, 0.2) is 0 Å². The highest BCUT2D eigenvalue weighted by atomic mass is 16.5. The predicted octanol–water partition coefficient (Wildman–Crippen LogP) is 2.70. The molecule has 0 atom stereocenters. The van der Waals surface area contributed by atoms with E-state index in [1.807, 2.05) is 20.9 Å². The number of hydrogen-bond donors (Lipinski definition) is 1. The van der Waals surface area contributed by atoms with Gasteiger partial charge in [0.1, 0.15) is 11.6 Å². The molecule has 0 aliphatic heterocycles. The van der Waals surface area contributed by atoms with Crippen LogP contribution in [0.1, 0.15) is 37.1 Å². The lowest BCUT2D eigenvalue weighted by atomic mass is 10.1. The highest BCUT2D eigenvalue weighted by Gasteiger charge is 2.17. The van der Waals surface area contributed by atoms with Crippen molar-refractivity contribution in [3.05, 3.63) is 11.4 Å². The minimum atomic E-state index is 0.711. The van der Waals surface area contributed by atoms with Crippen LogP contribution in [0.25, 0.3) is 0 Å². The van der Waals surface area contributed by atoms with Gasteiger partial charge in [-0.2, -0.15) is 4.98 Å². The maximum Gasteiger partial charge on any atom is 0.221 e. The van der Waals surface area contributed by atoms with Gasteiger partial charge >= 0.3 is 0 Å². The van der Waals surface area contributed by atoms with E-state index >= 15 is 0 Å². The minimum absolute atomic E-state index is 0.711. The number of nitrogens with one attached hydrogen (secondary N) is 1. The molecule has 1 aliphatic carbocycles. The number of hydrogen-bond acceptors (Lipinski definition) is 4. The molecule has 1 aliphatic rings. The quantitative estimate of drug-likeness (QED) is 0.871. The fourth-order valence-corrected chi connectivity index (χ4v) is 2.36. The van der Waals surface area contributed by atoms with Gasteiger partial charge in [-0.05, 0) is 32.6 Å². The third-order valence-electron chi connectivity index (χ3n) is 3.38. The maximum absolute atomic E-state index is 5.85. The molecule has 4 nitrogen and oxygen atoms in total. The summed E-state index contributed by atoms with van der Waals surface area (Å²) in [6.45, 7) is 4.68. The summed E-state index contributed by atoms with van der Waals surface area (Å²) in [5.41, 5.74) is 0.996. The van der Waals surface area contributed by atoms with Crippen molar-refractivity contribution in [1.82, 2.24) is 9.97 Å². The SMILES string of the molecule is CNc1nc(C)nc(OCC2CCCC2)c1C. The van der Waals surface area contributed by atoms with Gasteiger partial charge in [-0.3, -0.25) is 0 Å². The summed E-state index contributed by atoms with van der Waals surface area (Å²) in [5.74, 6) is 3.05. The van der Waals surface area contributed by atoms with E-state index in [4.69, 9.17) is 4.74 Å². The van der Waals surface area contributed by atoms with E-state index in [-0.39, 0.29) is 0 Å². The van der Waals surface area contributed by atoms with Crippen LogP contribution >= 0.6 is 0 Å². The summed E-state index contributed by atoms with van der Waals surface area (Å²) in [6.07, 6.45) is 5.28. The molecule has 0 radical (unpaired) electrons. The average Bonchev–Trinajstić information content (AvgIpc) is 2.82. The van der Waals surface area contributed by atoms with Crippen molar-refractivity contribution in [2.24, 2.45) is 5.92 Å². The summed E-state index contributed by atoms with van der Waals surface area (Å²) >= 11 is 0. The van der Waals surface area contributed by atoms with E-state index in [1.54, 1.807) is 0 Å². The van der Waals surface area contributed by atoms with Crippen LogP contribution in [0.3, 0.4) is 0 Å². The zero-order valence-electron chi connectivity index (χ0n) is 10.9. The van der Waals surface area contributed by atoms with E-state index < -0.39 is 0 Å². The van der Waals surface area contributed by atoms with E-state index in [0.29, 0.717) is 5.92 Å². The van der Waals surface area contributed by atoms with Crippen molar-refractivity contribution in [3.8, 4) is 5.88 Å². The van der Waals surface area contributed by atoms with Crippen LogP contribution in [0.5, 0.6) is 5.88 Å². The Morgan fingerprint density at radius 3 is 2.59 bits per heavy atom. The third kappa shape index (κ3) is 2.87. The lowest BCUT2D eigenvalue weighted by Gasteiger charge is -2.14. The maximum atomic E-state index is 5.85. The zero-order chi connectivity index (χ0) is 12.3. The van der Waals surface area contributed by atoms with Crippen LogP contribution < -0.4 is 10.1 Å². The molecule has 0 aromatic carbocycles. The lowest BCUT2D eigenvalue weighted by molar-refractivity contribution is 0.241. The van der Waals surface area contributed by atoms with Crippen molar-refractivity contribution in [2.75, 3.05) is 19.0 Å². The first kappa shape index (κ1) is 12.1. The molecule has 0 spiro atoms. The van der Waals surface area contributed by atoms with Crippen molar-refractivity contribution in [3.63, 3.8) is 0 Å². The smallest absolute Gasteiger partial charge is 0.221 e. The topological polar surface area (TPSA) is 47.0 Å². The Morgan fingerprint density at radius 2 is 1.94 bits per heavy atom. The van der Waals surface area contributed by atoms with E-state index in [2.05, 4.69) is 15.3 Å². The Bertz CT molecular complexity index is 386. The normalized spacial score (nSPS) is 16.2. The summed E-state index contributed by atoms with van der Waals surface area (Å²) in [5, 5.41) is 3.07. The molecule has 1 N–H and O–H groups in total. The molecule has 2 rings (SSSR count). The Kier molecular flexibility index (Phi) is 3.82. The second-order valence-corrected chi connectivity index (χ2v) is 4.76. The second-order valence-electron chi connectivity index (χ2n) is 4.76. The molecule has 94 valence electrons. The highest BCUT2D eigenvalue weighted by Crippen LogP contribution is 2.27. The van der Waals surface area contributed by atoms with E-state index in [0.717, 1.165) is 29.7 Å². The van der Waals surface area contributed by atoms with Gasteiger partial charge in [-0.25, -0.2) is 4.98 Å². The number of rotatable bonds is 4. The van der Waals surface area contributed by atoms with Crippen LogP contribution in [-0.4, -0.2) is 23.6 Å². The second kappa shape index (κ2) is 5.34. The van der Waals surface area contributed by atoms with Gasteiger partial charge in [0.25, 0.3) is 0 Å². The third-order valence-corrected chi connectivity index (χ3v) is 3.38. The van der Waals surface area contributed by atoms with Gasteiger partial charge in [0.2, 0.25) is 5.88 Å². The molecule has 0 saturated heterocycles. The molecule has 1 saturated carbocycles. The predicted molar refractivity (Wildman–Crippen MR) is 68.5 cm³/mol. The Hall–Kier alpha value is -1.32. The zero-order valence-corrected chi connectivity index (χ0v) is 10.9. The summed E-state index contributed by atoms with van der Waals surface area (Å²) in [7, 11) is 1.87. The fourth-order valence-electron chi connectivity index (χ4n) is 2.36. The highest BCUT2D eigenvalue weighted by molar-refractivity contribution is 5.47. The number of aryl methyl sites for hydroxylation is 1. The molecule has 1 heterocycles. The molecule has 0 unspecified atom stereocenters. The first-order chi connectivity index (χ1) is 8.20. The van der Waals surface area contributed by atoms with Gasteiger partial charge in [0, 0.05) is 7.05 Å². The van der Waals surface area contributed by atoms with Crippen molar-refractivity contribution in [1.29, 1.82) is 0 Å². The number of ether oxygens (including phenoxy) is 1. The first-order valence-electron chi connectivity index (χ1n) is 6.36. The molecule has 1 aromatic heterocycles. The van der Waals surface area contributed by atoms with Gasteiger partial charge in [0.15, 0.2) is 0 Å². The number of nitrogens with zero attached hydrogens (tertiary/aromatic N) is 2. The van der Waals surface area contributed by atoms with Crippen molar-refractivity contribution in [2.45, 2.75) is 39.5 Å². The van der Waals surface area contributed by atoms with Crippen molar-refractivity contribution >= 4 is 5.82 Å². The van der Waals surface area contributed by atoms with Gasteiger partial charge in [0.05, 0.1) is 12.2 Å². The fraction of sp³-hybridized carbons (Fsp3) is 0.692. The minimum Gasteiger partial charge on any atom is -0.477 e. The lowest BCUT2D eigenvalue weighted by Crippen LogP contribution is -2.11. The molecule has 0 amide bonds.